The third-order valence-electron chi connectivity index (χ3n) is 2.74. The van der Waals surface area contributed by atoms with Crippen molar-refractivity contribution in [3.05, 3.63) is 11.6 Å². The van der Waals surface area contributed by atoms with Crippen LogP contribution < -0.4 is 0 Å². The quantitative estimate of drug-likeness (QED) is 0.482. The van der Waals surface area contributed by atoms with E-state index in [0.717, 1.165) is 26.2 Å². The van der Waals surface area contributed by atoms with Crippen LogP contribution in [0.15, 0.2) is 11.6 Å². The minimum atomic E-state index is 0.161. The summed E-state index contributed by atoms with van der Waals surface area (Å²) < 4.78 is 10.9. The summed E-state index contributed by atoms with van der Waals surface area (Å²) in [7, 11) is 1.77. The molecule has 0 aromatic carbocycles. The van der Waals surface area contributed by atoms with E-state index in [1.165, 1.54) is 18.4 Å². The van der Waals surface area contributed by atoms with Crippen LogP contribution in [-0.4, -0.2) is 26.9 Å². The van der Waals surface area contributed by atoms with Gasteiger partial charge in [0.2, 0.25) is 0 Å². The number of rotatable bonds is 6. The standard InChI is InChI=1S/C12H22O2/c1-4-7-14-10-12(9-13-3)6-5-11(2)8-12/h8H,4-7,9-10H2,1-3H3/t12-/m1/s1. The van der Waals surface area contributed by atoms with E-state index in [0.29, 0.717) is 0 Å². The number of hydrogen-bond acceptors (Lipinski definition) is 2. The summed E-state index contributed by atoms with van der Waals surface area (Å²) in [5.74, 6) is 0. The Morgan fingerprint density at radius 1 is 1.43 bits per heavy atom. The first-order chi connectivity index (χ1) is 6.72. The summed E-state index contributed by atoms with van der Waals surface area (Å²) in [5.41, 5.74) is 1.63. The highest BCUT2D eigenvalue weighted by molar-refractivity contribution is 5.15. The fourth-order valence-electron chi connectivity index (χ4n) is 2.09. The molecule has 0 fully saturated rings. The Bertz CT molecular complexity index is 198. The predicted molar refractivity (Wildman–Crippen MR) is 58.4 cm³/mol. The maximum absolute atomic E-state index is 5.65. The Morgan fingerprint density at radius 2 is 2.21 bits per heavy atom. The van der Waals surface area contributed by atoms with Gasteiger partial charge in [0.15, 0.2) is 0 Å². The van der Waals surface area contributed by atoms with Gasteiger partial charge in [-0.05, 0) is 26.2 Å². The lowest BCUT2D eigenvalue weighted by Crippen LogP contribution is -2.28. The van der Waals surface area contributed by atoms with E-state index in [9.17, 15) is 0 Å². The van der Waals surface area contributed by atoms with Gasteiger partial charge in [0.05, 0.1) is 13.2 Å². The van der Waals surface area contributed by atoms with Gasteiger partial charge < -0.3 is 9.47 Å². The van der Waals surface area contributed by atoms with Crippen LogP contribution in [-0.2, 0) is 9.47 Å². The van der Waals surface area contributed by atoms with Crippen molar-refractivity contribution in [3.63, 3.8) is 0 Å². The van der Waals surface area contributed by atoms with E-state index in [-0.39, 0.29) is 5.41 Å². The molecule has 2 nitrogen and oxygen atoms in total. The Balaban J connectivity index is 2.46. The Kier molecular flexibility index (Phi) is 4.63. The summed E-state index contributed by atoms with van der Waals surface area (Å²) in [5, 5.41) is 0. The smallest absolute Gasteiger partial charge is 0.0579 e. The second-order valence-electron chi connectivity index (χ2n) is 4.34. The topological polar surface area (TPSA) is 18.5 Å². The molecule has 0 saturated heterocycles. The molecule has 1 rings (SSSR count). The lowest BCUT2D eigenvalue weighted by molar-refractivity contribution is 0.0190. The molecule has 0 saturated carbocycles. The molecule has 0 amide bonds. The molecule has 0 N–H and O–H groups in total. The molecule has 0 radical (unpaired) electrons. The highest BCUT2D eigenvalue weighted by Crippen LogP contribution is 2.36. The van der Waals surface area contributed by atoms with Crippen LogP contribution in [0.2, 0.25) is 0 Å². The van der Waals surface area contributed by atoms with Crippen LogP contribution in [0.1, 0.15) is 33.1 Å². The van der Waals surface area contributed by atoms with Crippen LogP contribution in [0.5, 0.6) is 0 Å². The Hall–Kier alpha value is -0.340. The van der Waals surface area contributed by atoms with Gasteiger partial charge >= 0.3 is 0 Å². The van der Waals surface area contributed by atoms with E-state index in [4.69, 9.17) is 9.47 Å². The van der Waals surface area contributed by atoms with Crippen molar-refractivity contribution < 1.29 is 9.47 Å². The van der Waals surface area contributed by atoms with Crippen molar-refractivity contribution in [2.75, 3.05) is 26.9 Å². The van der Waals surface area contributed by atoms with Crippen molar-refractivity contribution in [1.82, 2.24) is 0 Å². The van der Waals surface area contributed by atoms with Crippen LogP contribution in [0, 0.1) is 5.41 Å². The van der Waals surface area contributed by atoms with Crippen LogP contribution in [0.3, 0.4) is 0 Å². The van der Waals surface area contributed by atoms with Crippen molar-refractivity contribution in [2.24, 2.45) is 5.41 Å². The van der Waals surface area contributed by atoms with Gasteiger partial charge in [-0.1, -0.05) is 18.6 Å². The molecule has 0 bridgehead atoms. The molecule has 0 heterocycles. The molecule has 0 spiro atoms. The molecule has 0 aromatic heterocycles. The van der Waals surface area contributed by atoms with Gasteiger partial charge in [-0.2, -0.15) is 0 Å². The second kappa shape index (κ2) is 5.52. The Morgan fingerprint density at radius 3 is 2.71 bits per heavy atom. The molecule has 82 valence electrons. The third-order valence-corrected chi connectivity index (χ3v) is 2.74. The van der Waals surface area contributed by atoms with Crippen molar-refractivity contribution in [3.8, 4) is 0 Å². The minimum Gasteiger partial charge on any atom is -0.384 e. The van der Waals surface area contributed by atoms with Gasteiger partial charge in [0, 0.05) is 19.1 Å². The van der Waals surface area contributed by atoms with Crippen molar-refractivity contribution in [1.29, 1.82) is 0 Å². The number of ether oxygens (including phenoxy) is 2. The first kappa shape index (κ1) is 11.7. The van der Waals surface area contributed by atoms with E-state index in [2.05, 4.69) is 19.9 Å². The molecule has 0 aliphatic heterocycles. The summed E-state index contributed by atoms with van der Waals surface area (Å²) >= 11 is 0. The number of allylic oxidation sites excluding steroid dienone is 1. The monoisotopic (exact) mass is 198 g/mol. The minimum absolute atomic E-state index is 0.161. The zero-order valence-corrected chi connectivity index (χ0v) is 9.64. The third kappa shape index (κ3) is 3.10. The van der Waals surface area contributed by atoms with Gasteiger partial charge in [-0.3, -0.25) is 0 Å². The highest BCUT2D eigenvalue weighted by Gasteiger charge is 2.32. The molecule has 1 atom stereocenters. The summed E-state index contributed by atoms with van der Waals surface area (Å²) in [6.45, 7) is 6.79. The molecular weight excluding hydrogens is 176 g/mol. The van der Waals surface area contributed by atoms with Crippen LogP contribution >= 0.6 is 0 Å². The van der Waals surface area contributed by atoms with E-state index < -0.39 is 0 Å². The normalized spacial score (nSPS) is 26.6. The van der Waals surface area contributed by atoms with E-state index in [1.807, 2.05) is 0 Å². The first-order valence-corrected chi connectivity index (χ1v) is 5.47. The second-order valence-corrected chi connectivity index (χ2v) is 4.34. The van der Waals surface area contributed by atoms with Gasteiger partial charge in [-0.15, -0.1) is 0 Å². The van der Waals surface area contributed by atoms with Crippen molar-refractivity contribution in [2.45, 2.75) is 33.1 Å². The predicted octanol–water partition coefficient (Wildman–Crippen LogP) is 2.79. The maximum atomic E-state index is 5.65. The molecule has 0 unspecified atom stereocenters. The maximum Gasteiger partial charge on any atom is 0.0579 e. The summed E-state index contributed by atoms with van der Waals surface area (Å²) in [4.78, 5) is 0. The largest absolute Gasteiger partial charge is 0.384 e. The zero-order chi connectivity index (χ0) is 10.4. The van der Waals surface area contributed by atoms with E-state index in [1.54, 1.807) is 7.11 Å². The molecule has 1 aliphatic carbocycles. The average molecular weight is 198 g/mol. The molecule has 2 heteroatoms. The van der Waals surface area contributed by atoms with Gasteiger partial charge in [0.1, 0.15) is 0 Å². The lowest BCUT2D eigenvalue weighted by Gasteiger charge is -2.26. The average Bonchev–Trinajstić information content (AvgIpc) is 2.49. The fourth-order valence-corrected chi connectivity index (χ4v) is 2.09. The number of methoxy groups -OCH3 is 1. The molecule has 1 aliphatic rings. The van der Waals surface area contributed by atoms with E-state index >= 15 is 0 Å². The van der Waals surface area contributed by atoms with Gasteiger partial charge in [0.25, 0.3) is 0 Å². The Labute approximate surface area is 87.3 Å². The number of hydrogen-bond donors (Lipinski definition) is 0. The lowest BCUT2D eigenvalue weighted by atomic mass is 9.90. The zero-order valence-electron chi connectivity index (χ0n) is 9.64. The fraction of sp³-hybridized carbons (Fsp3) is 0.833. The van der Waals surface area contributed by atoms with Crippen molar-refractivity contribution >= 4 is 0 Å². The first-order valence-electron chi connectivity index (χ1n) is 5.47. The van der Waals surface area contributed by atoms with Crippen LogP contribution in [0.4, 0.5) is 0 Å². The molecular formula is C12H22O2. The molecule has 0 aromatic rings. The van der Waals surface area contributed by atoms with Crippen LogP contribution in [0.25, 0.3) is 0 Å². The van der Waals surface area contributed by atoms with Gasteiger partial charge in [-0.25, -0.2) is 0 Å². The highest BCUT2D eigenvalue weighted by atomic mass is 16.5. The summed E-state index contributed by atoms with van der Waals surface area (Å²) in [6.07, 6.45) is 5.80. The SMILES string of the molecule is CCCOC[C@@]1(COC)C=C(C)CC1. The molecule has 14 heavy (non-hydrogen) atoms. The summed E-state index contributed by atoms with van der Waals surface area (Å²) in [6, 6.07) is 0.